The van der Waals surface area contributed by atoms with Crippen molar-refractivity contribution in [1.29, 1.82) is 0 Å². The van der Waals surface area contributed by atoms with Crippen LogP contribution >= 0.6 is 0 Å². The van der Waals surface area contributed by atoms with Gasteiger partial charge >= 0.3 is 0 Å². The van der Waals surface area contributed by atoms with E-state index in [1.54, 1.807) is 7.11 Å². The Morgan fingerprint density at radius 3 is 2.38 bits per heavy atom. The van der Waals surface area contributed by atoms with Crippen molar-refractivity contribution in [2.45, 2.75) is 39.7 Å². The second-order valence-electron chi connectivity index (χ2n) is 7.14. The van der Waals surface area contributed by atoms with E-state index in [9.17, 15) is 9.90 Å². The maximum absolute atomic E-state index is 12.9. The molecule has 0 aromatic heterocycles. The number of amides is 1. The molecule has 0 saturated carbocycles. The zero-order valence-corrected chi connectivity index (χ0v) is 16.6. The van der Waals surface area contributed by atoms with Crippen LogP contribution in [0.5, 0.6) is 5.75 Å². The summed E-state index contributed by atoms with van der Waals surface area (Å²) in [5, 5.41) is 10.0. The van der Waals surface area contributed by atoms with E-state index < -0.39 is 0 Å². The molecular weight excluding hydrogens is 328 g/mol. The van der Waals surface area contributed by atoms with Gasteiger partial charge in [-0.05, 0) is 42.6 Å². The minimum Gasteiger partial charge on any atom is -0.497 e. The Morgan fingerprint density at radius 2 is 1.88 bits per heavy atom. The van der Waals surface area contributed by atoms with E-state index in [1.165, 1.54) is 0 Å². The summed E-state index contributed by atoms with van der Waals surface area (Å²) in [7, 11) is 1.64. The Bertz CT molecular complexity index is 557. The summed E-state index contributed by atoms with van der Waals surface area (Å²) >= 11 is 0. The molecule has 1 aliphatic rings. The number of ether oxygens (including phenoxy) is 1. The molecule has 5 heteroatoms. The molecule has 3 atom stereocenters. The maximum Gasteiger partial charge on any atom is 0.227 e. The van der Waals surface area contributed by atoms with Crippen molar-refractivity contribution >= 4 is 5.91 Å². The van der Waals surface area contributed by atoms with Crippen LogP contribution in [0.2, 0.25) is 0 Å². The fourth-order valence-electron chi connectivity index (χ4n) is 4.09. The van der Waals surface area contributed by atoms with Crippen molar-refractivity contribution in [3.63, 3.8) is 0 Å². The molecule has 0 unspecified atom stereocenters. The molecule has 0 aliphatic carbocycles. The molecule has 1 fully saturated rings. The van der Waals surface area contributed by atoms with Crippen molar-refractivity contribution < 1.29 is 14.6 Å². The SMILES string of the molecule is CC[C@@H]1CN(C(=O)Cc2ccc(OC)cc2)[C@H](CO)[C@@H]1CN(CC)CC. The second-order valence-corrected chi connectivity index (χ2v) is 7.14. The maximum atomic E-state index is 12.9. The van der Waals surface area contributed by atoms with Crippen LogP contribution in [0.4, 0.5) is 0 Å². The van der Waals surface area contributed by atoms with Crippen LogP contribution in [0.15, 0.2) is 24.3 Å². The monoisotopic (exact) mass is 362 g/mol. The number of benzene rings is 1. The number of carbonyl (C=O) groups excluding carboxylic acids is 1. The summed E-state index contributed by atoms with van der Waals surface area (Å²) < 4.78 is 5.18. The molecule has 1 aliphatic heterocycles. The minimum atomic E-state index is -0.0775. The normalized spacial score (nSPS) is 22.8. The lowest BCUT2D eigenvalue weighted by atomic mass is 9.88. The number of likely N-dealkylation sites (tertiary alicyclic amines) is 1. The van der Waals surface area contributed by atoms with Crippen LogP contribution < -0.4 is 4.74 Å². The highest BCUT2D eigenvalue weighted by atomic mass is 16.5. The molecule has 1 aromatic rings. The third kappa shape index (κ3) is 4.77. The van der Waals surface area contributed by atoms with Gasteiger partial charge in [-0.15, -0.1) is 0 Å². The van der Waals surface area contributed by atoms with Crippen LogP contribution in [0.1, 0.15) is 32.8 Å². The van der Waals surface area contributed by atoms with Crippen molar-refractivity contribution in [2.24, 2.45) is 11.8 Å². The van der Waals surface area contributed by atoms with Gasteiger partial charge in [0.15, 0.2) is 0 Å². The summed E-state index contributed by atoms with van der Waals surface area (Å²) in [6.07, 6.45) is 1.41. The number of hydrogen-bond acceptors (Lipinski definition) is 4. The number of aliphatic hydroxyl groups excluding tert-OH is 1. The van der Waals surface area contributed by atoms with Crippen molar-refractivity contribution in [2.75, 3.05) is 39.9 Å². The lowest BCUT2D eigenvalue weighted by molar-refractivity contribution is -0.132. The second kappa shape index (κ2) is 9.93. The largest absolute Gasteiger partial charge is 0.497 e. The van der Waals surface area contributed by atoms with Gasteiger partial charge in [-0.25, -0.2) is 0 Å². The van der Waals surface area contributed by atoms with Crippen LogP contribution in [-0.2, 0) is 11.2 Å². The summed E-state index contributed by atoms with van der Waals surface area (Å²) in [6, 6.07) is 7.56. The van der Waals surface area contributed by atoms with Gasteiger partial charge in [0.1, 0.15) is 5.75 Å². The summed E-state index contributed by atoms with van der Waals surface area (Å²) in [4.78, 5) is 17.3. The molecular formula is C21H34N2O3. The zero-order chi connectivity index (χ0) is 19.1. The average molecular weight is 363 g/mol. The Morgan fingerprint density at radius 1 is 1.23 bits per heavy atom. The number of nitrogens with zero attached hydrogens (tertiary/aromatic N) is 2. The standard InChI is InChI=1S/C21H34N2O3/c1-5-17-13-23(20(15-24)19(17)14-22(6-2)7-3)21(25)12-16-8-10-18(26-4)11-9-16/h8-11,17,19-20,24H,5-7,12-15H2,1-4H3/t17-,19-,20-/m1/s1. The lowest BCUT2D eigenvalue weighted by Gasteiger charge is -2.31. The highest BCUT2D eigenvalue weighted by Crippen LogP contribution is 2.33. The van der Waals surface area contributed by atoms with Gasteiger partial charge in [0.05, 0.1) is 26.2 Å². The smallest absolute Gasteiger partial charge is 0.227 e. The first-order valence-corrected chi connectivity index (χ1v) is 9.83. The highest BCUT2D eigenvalue weighted by Gasteiger charge is 2.42. The number of carbonyl (C=O) groups is 1. The van der Waals surface area contributed by atoms with Gasteiger partial charge in [-0.2, -0.15) is 0 Å². The predicted octanol–water partition coefficient (Wildman–Crippen LogP) is 2.42. The summed E-state index contributed by atoms with van der Waals surface area (Å²) in [6.45, 7) is 10.3. The first-order chi connectivity index (χ1) is 12.6. The fourth-order valence-corrected chi connectivity index (χ4v) is 4.09. The third-order valence-corrected chi connectivity index (χ3v) is 5.84. The molecule has 1 heterocycles. The van der Waals surface area contributed by atoms with Crippen molar-refractivity contribution in [1.82, 2.24) is 9.80 Å². The summed E-state index contributed by atoms with van der Waals surface area (Å²) in [5.41, 5.74) is 0.979. The average Bonchev–Trinajstić information content (AvgIpc) is 3.04. The molecule has 1 amide bonds. The van der Waals surface area contributed by atoms with E-state index in [1.807, 2.05) is 29.2 Å². The molecule has 0 spiro atoms. The number of rotatable bonds is 9. The van der Waals surface area contributed by atoms with Crippen LogP contribution in [0, 0.1) is 11.8 Å². The van der Waals surface area contributed by atoms with Crippen LogP contribution in [-0.4, -0.2) is 66.8 Å². The van der Waals surface area contributed by atoms with Crippen LogP contribution in [0.3, 0.4) is 0 Å². The lowest BCUT2D eigenvalue weighted by Crippen LogP contribution is -2.44. The number of aliphatic hydroxyl groups is 1. The minimum absolute atomic E-state index is 0.0385. The van der Waals surface area contributed by atoms with Gasteiger partial charge < -0.3 is 19.6 Å². The Labute approximate surface area is 157 Å². The first-order valence-electron chi connectivity index (χ1n) is 9.83. The quantitative estimate of drug-likeness (QED) is 0.733. The van der Waals surface area contributed by atoms with E-state index in [4.69, 9.17) is 4.74 Å². The van der Waals surface area contributed by atoms with Gasteiger partial charge in [0.25, 0.3) is 0 Å². The Kier molecular flexibility index (Phi) is 7.91. The third-order valence-electron chi connectivity index (χ3n) is 5.84. The van der Waals surface area contributed by atoms with Gasteiger partial charge in [0.2, 0.25) is 5.91 Å². The predicted molar refractivity (Wildman–Crippen MR) is 104 cm³/mol. The molecule has 146 valence electrons. The molecule has 0 bridgehead atoms. The molecule has 1 saturated heterocycles. The Balaban J connectivity index is 2.09. The van der Waals surface area contributed by atoms with E-state index in [2.05, 4.69) is 25.7 Å². The van der Waals surface area contributed by atoms with Gasteiger partial charge in [0, 0.05) is 13.1 Å². The fraction of sp³-hybridized carbons (Fsp3) is 0.667. The molecule has 2 rings (SSSR count). The molecule has 0 radical (unpaired) electrons. The van der Waals surface area contributed by atoms with Gasteiger partial charge in [-0.1, -0.05) is 39.3 Å². The zero-order valence-electron chi connectivity index (χ0n) is 16.6. The van der Waals surface area contributed by atoms with Crippen molar-refractivity contribution in [3.8, 4) is 5.75 Å². The van der Waals surface area contributed by atoms with Crippen molar-refractivity contribution in [3.05, 3.63) is 29.8 Å². The van der Waals surface area contributed by atoms with E-state index in [0.717, 1.165) is 43.9 Å². The van der Waals surface area contributed by atoms with Crippen LogP contribution in [0.25, 0.3) is 0 Å². The van der Waals surface area contributed by atoms with Gasteiger partial charge in [-0.3, -0.25) is 4.79 Å². The topological polar surface area (TPSA) is 53.0 Å². The highest BCUT2D eigenvalue weighted by molar-refractivity contribution is 5.79. The molecule has 1 aromatic carbocycles. The summed E-state index contributed by atoms with van der Waals surface area (Å²) in [5.74, 6) is 1.69. The molecule has 5 nitrogen and oxygen atoms in total. The molecule has 1 N–H and O–H groups in total. The number of hydrogen-bond donors (Lipinski definition) is 1. The molecule has 26 heavy (non-hydrogen) atoms. The Hall–Kier alpha value is -1.59. The van der Waals surface area contributed by atoms with E-state index in [0.29, 0.717) is 18.3 Å². The number of methoxy groups -OCH3 is 1. The van der Waals surface area contributed by atoms with E-state index >= 15 is 0 Å². The first kappa shape index (κ1) is 20.7. The van der Waals surface area contributed by atoms with E-state index in [-0.39, 0.29) is 18.6 Å².